The number of piperazine rings is 1. The molecule has 1 aliphatic rings. The minimum atomic E-state index is -0.743. The maximum atomic E-state index is 11.0. The van der Waals surface area contributed by atoms with Crippen LogP contribution in [0, 0.1) is 0 Å². The summed E-state index contributed by atoms with van der Waals surface area (Å²) in [7, 11) is 2.09. The summed E-state index contributed by atoms with van der Waals surface area (Å²) in [5, 5.41) is 11.1. The maximum absolute atomic E-state index is 11.0. The van der Waals surface area contributed by atoms with Crippen molar-refractivity contribution in [2.45, 2.75) is 32.2 Å². The Hall–Kier alpha value is -0.650. The monoisotopic (exact) mass is 229 g/mol. The third-order valence-electron chi connectivity index (χ3n) is 2.99. The van der Waals surface area contributed by atoms with Crippen LogP contribution in [0.1, 0.15) is 26.2 Å². The van der Waals surface area contributed by atoms with E-state index in [-0.39, 0.29) is 0 Å². The second-order valence-corrected chi connectivity index (χ2v) is 4.45. The lowest BCUT2D eigenvalue weighted by molar-refractivity contribution is -0.141. The molecule has 5 heteroatoms. The molecule has 94 valence electrons. The van der Waals surface area contributed by atoms with Crippen LogP contribution in [0.5, 0.6) is 0 Å². The van der Waals surface area contributed by atoms with Crippen LogP contribution < -0.4 is 5.43 Å². The quantitative estimate of drug-likeness (QED) is 0.689. The van der Waals surface area contributed by atoms with Crippen LogP contribution >= 0.6 is 0 Å². The Morgan fingerprint density at radius 3 is 2.50 bits per heavy atom. The molecule has 0 amide bonds. The molecular formula is C11H23N3O2. The number of carbonyl (C=O) groups is 1. The number of nitrogens with one attached hydrogen (secondary N) is 1. The highest BCUT2D eigenvalue weighted by Crippen LogP contribution is 2.03. The molecule has 5 nitrogen and oxygen atoms in total. The maximum Gasteiger partial charge on any atom is 0.322 e. The molecule has 1 heterocycles. The summed E-state index contributed by atoms with van der Waals surface area (Å²) in [5.74, 6) is -0.743. The van der Waals surface area contributed by atoms with Crippen molar-refractivity contribution >= 4 is 5.97 Å². The number of unbranched alkanes of at least 4 members (excludes halogenated alkanes) is 1. The first-order chi connectivity index (χ1) is 7.63. The number of carboxylic acid groups (broad SMARTS) is 1. The molecule has 1 aliphatic heterocycles. The van der Waals surface area contributed by atoms with Gasteiger partial charge in [-0.15, -0.1) is 0 Å². The largest absolute Gasteiger partial charge is 0.480 e. The first-order valence-corrected chi connectivity index (χ1v) is 6.06. The van der Waals surface area contributed by atoms with Gasteiger partial charge in [0.2, 0.25) is 0 Å². The smallest absolute Gasteiger partial charge is 0.322 e. The van der Waals surface area contributed by atoms with E-state index in [1.165, 1.54) is 0 Å². The molecular weight excluding hydrogens is 206 g/mol. The van der Waals surface area contributed by atoms with Gasteiger partial charge in [0.05, 0.1) is 0 Å². The van der Waals surface area contributed by atoms with Crippen molar-refractivity contribution in [1.82, 2.24) is 15.3 Å². The molecule has 0 aromatic heterocycles. The number of hydrogen-bond donors (Lipinski definition) is 2. The number of nitrogens with zero attached hydrogens (tertiary/aromatic N) is 2. The third kappa shape index (κ3) is 4.47. The minimum absolute atomic E-state index is 0.427. The molecule has 0 aromatic rings. The summed E-state index contributed by atoms with van der Waals surface area (Å²) in [6.07, 6.45) is 2.70. The molecule has 1 atom stereocenters. The van der Waals surface area contributed by atoms with Crippen LogP contribution in [-0.2, 0) is 4.79 Å². The molecule has 0 aromatic carbocycles. The molecule has 1 fully saturated rings. The zero-order valence-electron chi connectivity index (χ0n) is 10.3. The minimum Gasteiger partial charge on any atom is -0.480 e. The Kier molecular flexibility index (Phi) is 5.73. The number of likely N-dealkylation sites (N-methyl/N-ethyl adjacent to an activating group) is 1. The van der Waals surface area contributed by atoms with E-state index < -0.39 is 12.0 Å². The molecule has 1 unspecified atom stereocenters. The van der Waals surface area contributed by atoms with Crippen LogP contribution in [0.15, 0.2) is 0 Å². The predicted molar refractivity (Wildman–Crippen MR) is 63.2 cm³/mol. The molecule has 0 saturated carbocycles. The van der Waals surface area contributed by atoms with Crippen molar-refractivity contribution in [3.05, 3.63) is 0 Å². The summed E-state index contributed by atoms with van der Waals surface area (Å²) >= 11 is 0. The molecule has 1 saturated heterocycles. The van der Waals surface area contributed by atoms with Gasteiger partial charge in [0.15, 0.2) is 0 Å². The van der Waals surface area contributed by atoms with E-state index in [4.69, 9.17) is 5.11 Å². The van der Waals surface area contributed by atoms with E-state index in [1.54, 1.807) is 0 Å². The van der Waals surface area contributed by atoms with Gasteiger partial charge in [0.25, 0.3) is 0 Å². The number of hydrogen-bond acceptors (Lipinski definition) is 4. The average Bonchev–Trinajstić information content (AvgIpc) is 2.26. The Bertz CT molecular complexity index is 215. The van der Waals surface area contributed by atoms with Gasteiger partial charge in [-0.05, 0) is 13.5 Å². The second kappa shape index (κ2) is 6.83. The Balaban J connectivity index is 2.33. The van der Waals surface area contributed by atoms with E-state index in [1.807, 2.05) is 5.01 Å². The first-order valence-electron chi connectivity index (χ1n) is 6.06. The zero-order valence-corrected chi connectivity index (χ0v) is 10.3. The summed E-state index contributed by atoms with van der Waals surface area (Å²) in [6.45, 7) is 5.85. The van der Waals surface area contributed by atoms with Gasteiger partial charge >= 0.3 is 5.97 Å². The highest BCUT2D eigenvalue weighted by atomic mass is 16.4. The normalized spacial score (nSPS) is 20.9. The van der Waals surface area contributed by atoms with Gasteiger partial charge in [-0.3, -0.25) is 4.79 Å². The lowest BCUT2D eigenvalue weighted by atomic mass is 10.1. The van der Waals surface area contributed by atoms with Crippen LogP contribution in [0.3, 0.4) is 0 Å². The van der Waals surface area contributed by atoms with Crippen molar-refractivity contribution in [3.63, 3.8) is 0 Å². The van der Waals surface area contributed by atoms with Crippen LogP contribution in [-0.4, -0.2) is 60.3 Å². The van der Waals surface area contributed by atoms with Gasteiger partial charge < -0.3 is 10.0 Å². The van der Waals surface area contributed by atoms with Crippen molar-refractivity contribution < 1.29 is 9.90 Å². The van der Waals surface area contributed by atoms with E-state index in [0.29, 0.717) is 6.42 Å². The first kappa shape index (κ1) is 13.4. The fourth-order valence-electron chi connectivity index (χ4n) is 1.81. The van der Waals surface area contributed by atoms with E-state index in [2.05, 4.69) is 24.3 Å². The SMILES string of the molecule is CCCCC(NN1CCN(C)CC1)C(=O)O. The Morgan fingerprint density at radius 1 is 1.38 bits per heavy atom. The van der Waals surface area contributed by atoms with Gasteiger partial charge in [-0.2, -0.15) is 0 Å². The lowest BCUT2D eigenvalue weighted by Crippen LogP contribution is -2.55. The summed E-state index contributed by atoms with van der Waals surface area (Å²) in [5.41, 5.74) is 3.12. The topological polar surface area (TPSA) is 55.8 Å². The van der Waals surface area contributed by atoms with Crippen molar-refractivity contribution in [2.75, 3.05) is 33.2 Å². The summed E-state index contributed by atoms with van der Waals surface area (Å²) < 4.78 is 0. The molecule has 1 rings (SSSR count). The van der Waals surface area contributed by atoms with Crippen LogP contribution in [0.25, 0.3) is 0 Å². The van der Waals surface area contributed by atoms with Crippen LogP contribution in [0.4, 0.5) is 0 Å². The van der Waals surface area contributed by atoms with Gasteiger partial charge in [-0.1, -0.05) is 19.8 Å². The molecule has 2 N–H and O–H groups in total. The third-order valence-corrected chi connectivity index (χ3v) is 2.99. The van der Waals surface area contributed by atoms with Gasteiger partial charge in [0.1, 0.15) is 6.04 Å². The second-order valence-electron chi connectivity index (χ2n) is 4.45. The van der Waals surface area contributed by atoms with Crippen molar-refractivity contribution in [1.29, 1.82) is 0 Å². The molecule has 0 bridgehead atoms. The lowest BCUT2D eigenvalue weighted by Gasteiger charge is -2.34. The van der Waals surface area contributed by atoms with E-state index in [0.717, 1.165) is 39.0 Å². The van der Waals surface area contributed by atoms with Crippen LogP contribution in [0.2, 0.25) is 0 Å². The molecule has 16 heavy (non-hydrogen) atoms. The zero-order chi connectivity index (χ0) is 12.0. The molecule has 0 radical (unpaired) electrons. The standard InChI is InChI=1S/C11H23N3O2/c1-3-4-5-10(11(15)16)12-14-8-6-13(2)7-9-14/h10,12H,3-9H2,1-2H3,(H,15,16). The Labute approximate surface area is 97.4 Å². The fourth-order valence-corrected chi connectivity index (χ4v) is 1.81. The molecule has 0 spiro atoms. The highest BCUT2D eigenvalue weighted by molar-refractivity contribution is 5.73. The predicted octanol–water partition coefficient (Wildman–Crippen LogP) is 0.382. The average molecular weight is 229 g/mol. The van der Waals surface area contributed by atoms with E-state index in [9.17, 15) is 4.79 Å². The van der Waals surface area contributed by atoms with Gasteiger partial charge in [0, 0.05) is 26.2 Å². The fraction of sp³-hybridized carbons (Fsp3) is 0.909. The van der Waals surface area contributed by atoms with Gasteiger partial charge in [-0.25, -0.2) is 10.4 Å². The van der Waals surface area contributed by atoms with Crippen molar-refractivity contribution in [3.8, 4) is 0 Å². The number of hydrazine groups is 1. The Morgan fingerprint density at radius 2 is 2.00 bits per heavy atom. The molecule has 0 aliphatic carbocycles. The summed E-state index contributed by atoms with van der Waals surface area (Å²) in [6, 6.07) is -0.427. The van der Waals surface area contributed by atoms with Crippen molar-refractivity contribution in [2.24, 2.45) is 0 Å². The number of aliphatic carboxylic acids is 1. The number of carboxylic acids is 1. The summed E-state index contributed by atoms with van der Waals surface area (Å²) in [4.78, 5) is 13.3. The highest BCUT2D eigenvalue weighted by Gasteiger charge is 2.21. The number of rotatable bonds is 6. The van der Waals surface area contributed by atoms with E-state index >= 15 is 0 Å².